The second kappa shape index (κ2) is 7.11. The Kier molecular flexibility index (Phi) is 5.08. The smallest absolute Gasteiger partial charge is 0.228 e. The minimum absolute atomic E-state index is 0.0298. The third-order valence-corrected chi connectivity index (χ3v) is 5.31. The van der Waals surface area contributed by atoms with Gasteiger partial charge in [-0.05, 0) is 35.3 Å². The molecule has 3 rings (SSSR count). The fourth-order valence-electron chi connectivity index (χ4n) is 3.27. The molecule has 1 aromatic heterocycles. The molecule has 2 fully saturated rings. The highest BCUT2D eigenvalue weighted by Crippen LogP contribution is 2.23. The monoisotopic (exact) mass is 408 g/mol. The van der Waals surface area contributed by atoms with Gasteiger partial charge in [0.25, 0.3) is 0 Å². The van der Waals surface area contributed by atoms with Crippen LogP contribution in [0.15, 0.2) is 22.9 Å². The molecule has 7 nitrogen and oxygen atoms in total. The molecule has 0 aliphatic carbocycles. The van der Waals surface area contributed by atoms with Gasteiger partial charge in [0.2, 0.25) is 11.8 Å². The van der Waals surface area contributed by atoms with Gasteiger partial charge in [-0.3, -0.25) is 19.4 Å². The number of halogens is 1. The molecule has 2 amide bonds. The molecule has 0 saturated carbocycles. The summed E-state index contributed by atoms with van der Waals surface area (Å²) in [6.07, 6.45) is 4.10. The fraction of sp³-hybridized carbons (Fsp3) is 0.529. The van der Waals surface area contributed by atoms with Crippen molar-refractivity contribution in [2.75, 3.05) is 31.1 Å². The summed E-state index contributed by atoms with van der Waals surface area (Å²) in [4.78, 5) is 43.9. The predicted octanol–water partition coefficient (Wildman–Crippen LogP) is 1.12. The zero-order chi connectivity index (χ0) is 18.0. The maximum Gasteiger partial charge on any atom is 0.228 e. The second-order valence-electron chi connectivity index (χ2n) is 6.71. The number of ketones is 1. The summed E-state index contributed by atoms with van der Waals surface area (Å²) < 4.78 is 0.931. The highest BCUT2D eigenvalue weighted by Gasteiger charge is 2.41. The molecule has 134 valence electrons. The van der Waals surface area contributed by atoms with Gasteiger partial charge in [0.1, 0.15) is 0 Å². The van der Waals surface area contributed by atoms with Gasteiger partial charge in [-0.15, -0.1) is 0 Å². The molecule has 1 unspecified atom stereocenters. The first-order valence-electron chi connectivity index (χ1n) is 8.35. The van der Waals surface area contributed by atoms with Crippen LogP contribution in [-0.2, 0) is 14.4 Å². The van der Waals surface area contributed by atoms with Crippen LogP contribution in [0.5, 0.6) is 0 Å². The van der Waals surface area contributed by atoms with Gasteiger partial charge < -0.3 is 15.1 Å². The van der Waals surface area contributed by atoms with Crippen LogP contribution in [0.4, 0.5) is 5.69 Å². The first kappa shape index (κ1) is 17.8. The van der Waals surface area contributed by atoms with E-state index in [0.29, 0.717) is 19.5 Å². The van der Waals surface area contributed by atoms with Gasteiger partial charge in [0.15, 0.2) is 5.78 Å². The largest absolute Gasteiger partial charge is 0.367 e. The van der Waals surface area contributed by atoms with E-state index < -0.39 is 5.54 Å². The number of nitrogens with zero attached hydrogens (tertiary/aromatic N) is 3. The average Bonchev–Trinajstić information content (AvgIpc) is 2.85. The Hall–Kier alpha value is -1.96. The van der Waals surface area contributed by atoms with Gasteiger partial charge in [0, 0.05) is 43.3 Å². The van der Waals surface area contributed by atoms with Crippen molar-refractivity contribution in [2.45, 2.75) is 31.7 Å². The summed E-state index contributed by atoms with van der Waals surface area (Å²) in [6, 6.07) is 2.01. The fourth-order valence-corrected chi connectivity index (χ4v) is 3.62. The minimum Gasteiger partial charge on any atom is -0.367 e. The van der Waals surface area contributed by atoms with Crippen LogP contribution >= 0.6 is 15.9 Å². The van der Waals surface area contributed by atoms with Crippen molar-refractivity contribution in [3.8, 4) is 0 Å². The predicted molar refractivity (Wildman–Crippen MR) is 96.1 cm³/mol. The van der Waals surface area contributed by atoms with Crippen molar-refractivity contribution < 1.29 is 14.4 Å². The van der Waals surface area contributed by atoms with Crippen molar-refractivity contribution in [3.63, 3.8) is 0 Å². The Bertz CT molecular complexity index is 703. The van der Waals surface area contributed by atoms with Gasteiger partial charge >= 0.3 is 0 Å². The lowest BCUT2D eigenvalue weighted by Gasteiger charge is -2.36. The Morgan fingerprint density at radius 1 is 1.28 bits per heavy atom. The van der Waals surface area contributed by atoms with Crippen molar-refractivity contribution >= 4 is 39.2 Å². The van der Waals surface area contributed by atoms with Gasteiger partial charge in [-0.25, -0.2) is 0 Å². The van der Waals surface area contributed by atoms with E-state index in [2.05, 4.69) is 31.1 Å². The molecule has 1 aromatic rings. The van der Waals surface area contributed by atoms with Crippen LogP contribution in [0.1, 0.15) is 26.2 Å². The molecule has 0 bridgehead atoms. The molecule has 0 spiro atoms. The van der Waals surface area contributed by atoms with Crippen LogP contribution in [0.3, 0.4) is 0 Å². The molecular weight excluding hydrogens is 388 g/mol. The Morgan fingerprint density at radius 2 is 2.00 bits per heavy atom. The Morgan fingerprint density at radius 3 is 2.60 bits per heavy atom. The molecule has 8 heteroatoms. The first-order valence-corrected chi connectivity index (χ1v) is 9.14. The maximum atomic E-state index is 12.4. The average molecular weight is 409 g/mol. The van der Waals surface area contributed by atoms with Crippen LogP contribution in [0.2, 0.25) is 0 Å². The summed E-state index contributed by atoms with van der Waals surface area (Å²) in [5, 5.41) is 2.69. The van der Waals surface area contributed by atoms with Crippen molar-refractivity contribution in [2.24, 2.45) is 0 Å². The molecular formula is C17H21BrN4O3. The molecule has 0 aromatic carbocycles. The van der Waals surface area contributed by atoms with Crippen LogP contribution in [-0.4, -0.2) is 59.2 Å². The summed E-state index contributed by atoms with van der Waals surface area (Å²) in [6.45, 7) is 4.48. The van der Waals surface area contributed by atoms with Crippen molar-refractivity contribution in [1.29, 1.82) is 0 Å². The number of pyridine rings is 1. The Labute approximate surface area is 154 Å². The number of carbonyl (C=O) groups excluding carboxylic acids is 3. The van der Waals surface area contributed by atoms with E-state index in [1.165, 1.54) is 0 Å². The summed E-state index contributed by atoms with van der Waals surface area (Å²) in [5.74, 6) is -0.351. The molecule has 1 atom stereocenters. The molecule has 2 saturated heterocycles. The molecule has 0 radical (unpaired) electrons. The maximum absolute atomic E-state index is 12.4. The third-order valence-electron chi connectivity index (χ3n) is 4.88. The lowest BCUT2D eigenvalue weighted by Crippen LogP contribution is -2.50. The third kappa shape index (κ3) is 4.00. The second-order valence-corrected chi connectivity index (χ2v) is 7.63. The van der Waals surface area contributed by atoms with Crippen molar-refractivity contribution in [1.82, 2.24) is 15.2 Å². The van der Waals surface area contributed by atoms with Gasteiger partial charge in [-0.2, -0.15) is 0 Å². The van der Waals surface area contributed by atoms with Gasteiger partial charge in [0.05, 0.1) is 23.8 Å². The Balaban J connectivity index is 1.50. The number of rotatable bonds is 4. The molecule has 1 N–H and O–H groups in total. The van der Waals surface area contributed by atoms with E-state index in [0.717, 1.165) is 23.2 Å². The van der Waals surface area contributed by atoms with Crippen molar-refractivity contribution in [3.05, 3.63) is 22.9 Å². The number of aromatic nitrogens is 1. The van der Waals surface area contributed by atoms with E-state index in [-0.39, 0.29) is 30.4 Å². The lowest BCUT2D eigenvalue weighted by atomic mass is 9.92. The SMILES string of the molecule is CC1(CCC(=O)N2CCN(c3cncc(Br)c3)CC2)NC(=O)CC1=O. The number of nitrogens with one attached hydrogen (secondary N) is 1. The summed E-state index contributed by atoms with van der Waals surface area (Å²) in [7, 11) is 0. The van der Waals surface area contributed by atoms with Crippen LogP contribution in [0, 0.1) is 0 Å². The number of Topliss-reactive ketones (excluding diaryl/α,β-unsaturated/α-hetero) is 1. The highest BCUT2D eigenvalue weighted by atomic mass is 79.9. The van der Waals surface area contributed by atoms with E-state index in [1.54, 1.807) is 13.1 Å². The standard InChI is InChI=1S/C17H21BrN4O3/c1-17(14(23)9-15(24)20-17)3-2-16(25)22-6-4-21(5-7-22)13-8-12(18)10-19-11-13/h8,10-11H,2-7,9H2,1H3,(H,20,24). The topological polar surface area (TPSA) is 82.6 Å². The number of hydrogen-bond donors (Lipinski definition) is 1. The molecule has 2 aliphatic rings. The zero-order valence-electron chi connectivity index (χ0n) is 14.1. The summed E-state index contributed by atoms with van der Waals surface area (Å²) >= 11 is 3.42. The van der Waals surface area contributed by atoms with Crippen LogP contribution < -0.4 is 10.2 Å². The van der Waals surface area contributed by atoms with Gasteiger partial charge in [-0.1, -0.05) is 0 Å². The molecule has 25 heavy (non-hydrogen) atoms. The van der Waals surface area contributed by atoms with E-state index >= 15 is 0 Å². The van der Waals surface area contributed by atoms with E-state index in [4.69, 9.17) is 0 Å². The number of carbonyl (C=O) groups is 3. The zero-order valence-corrected chi connectivity index (χ0v) is 15.7. The number of amides is 2. The lowest BCUT2D eigenvalue weighted by molar-refractivity contribution is -0.132. The van der Waals surface area contributed by atoms with Crippen LogP contribution in [0.25, 0.3) is 0 Å². The highest BCUT2D eigenvalue weighted by molar-refractivity contribution is 9.10. The van der Waals surface area contributed by atoms with E-state index in [1.807, 2.05) is 17.2 Å². The minimum atomic E-state index is -0.892. The quantitative estimate of drug-likeness (QED) is 0.754. The normalized spacial score (nSPS) is 23.8. The first-order chi connectivity index (χ1) is 11.9. The summed E-state index contributed by atoms with van der Waals surface area (Å²) in [5.41, 5.74) is 0.143. The molecule has 2 aliphatic heterocycles. The number of piperazine rings is 1. The number of anilines is 1. The number of hydrogen-bond acceptors (Lipinski definition) is 5. The van der Waals surface area contributed by atoms with E-state index in [9.17, 15) is 14.4 Å². The molecule has 3 heterocycles.